The average molecular weight is 301 g/mol. The van der Waals surface area contributed by atoms with Crippen molar-refractivity contribution >= 4 is 34.3 Å². The third kappa shape index (κ3) is 2.50. The van der Waals surface area contributed by atoms with Gasteiger partial charge in [0.25, 0.3) is 0 Å². The number of thioether (sulfide) groups is 1. The number of anilines is 1. The first-order valence-corrected chi connectivity index (χ1v) is 7.78. The number of carbonyl (C=O) groups excluding carboxylic acids is 1. The molecule has 0 saturated carbocycles. The van der Waals surface area contributed by atoms with Crippen LogP contribution >= 0.6 is 23.1 Å². The Bertz CT molecular complexity index is 703. The highest BCUT2D eigenvalue weighted by atomic mass is 32.2. The maximum Gasteiger partial charge on any atom is 0.321 e. The number of aromatic nitrogens is 1. The second-order valence-electron chi connectivity index (χ2n) is 4.09. The van der Waals surface area contributed by atoms with Crippen LogP contribution in [0.1, 0.15) is 4.88 Å². The number of rotatable bonds is 2. The van der Waals surface area contributed by atoms with Crippen LogP contribution in [0.5, 0.6) is 0 Å². The SMILES string of the molecule is C#CCNC(=O)Nc1nc2c(s1)CSc1ccccc1-2. The van der Waals surface area contributed by atoms with E-state index in [1.807, 2.05) is 12.1 Å². The fourth-order valence-electron chi connectivity index (χ4n) is 1.92. The number of fused-ring (bicyclic) bond motifs is 3. The first-order valence-electron chi connectivity index (χ1n) is 5.98. The molecule has 0 fully saturated rings. The molecule has 20 heavy (non-hydrogen) atoms. The van der Waals surface area contributed by atoms with Crippen molar-refractivity contribution in [1.82, 2.24) is 10.3 Å². The fourth-order valence-corrected chi connectivity index (χ4v) is 4.01. The van der Waals surface area contributed by atoms with Crippen LogP contribution in [-0.4, -0.2) is 17.6 Å². The summed E-state index contributed by atoms with van der Waals surface area (Å²) in [7, 11) is 0. The number of urea groups is 1. The van der Waals surface area contributed by atoms with E-state index in [4.69, 9.17) is 6.42 Å². The molecule has 0 bridgehead atoms. The summed E-state index contributed by atoms with van der Waals surface area (Å²) >= 11 is 3.30. The largest absolute Gasteiger partial charge is 0.327 e. The molecule has 6 heteroatoms. The van der Waals surface area contributed by atoms with Gasteiger partial charge in [0.2, 0.25) is 0 Å². The summed E-state index contributed by atoms with van der Waals surface area (Å²) < 4.78 is 0. The van der Waals surface area contributed by atoms with Crippen molar-refractivity contribution in [2.45, 2.75) is 10.6 Å². The van der Waals surface area contributed by atoms with E-state index in [1.165, 1.54) is 21.1 Å². The molecule has 0 aliphatic carbocycles. The van der Waals surface area contributed by atoms with E-state index in [9.17, 15) is 4.79 Å². The fraction of sp³-hybridized carbons (Fsp3) is 0.143. The maximum absolute atomic E-state index is 11.6. The summed E-state index contributed by atoms with van der Waals surface area (Å²) in [4.78, 5) is 18.5. The van der Waals surface area contributed by atoms with E-state index in [0.29, 0.717) is 5.13 Å². The Morgan fingerprint density at radius 1 is 1.45 bits per heavy atom. The second kappa shape index (κ2) is 5.57. The monoisotopic (exact) mass is 301 g/mol. The quantitative estimate of drug-likeness (QED) is 0.838. The highest BCUT2D eigenvalue weighted by molar-refractivity contribution is 7.98. The minimum atomic E-state index is -0.324. The Morgan fingerprint density at radius 2 is 2.30 bits per heavy atom. The minimum Gasteiger partial charge on any atom is -0.327 e. The molecular weight excluding hydrogens is 290 g/mol. The van der Waals surface area contributed by atoms with E-state index in [2.05, 4.69) is 33.7 Å². The van der Waals surface area contributed by atoms with E-state index in [1.54, 1.807) is 11.8 Å². The van der Waals surface area contributed by atoms with Crippen LogP contribution in [0.3, 0.4) is 0 Å². The molecule has 1 aliphatic heterocycles. The topological polar surface area (TPSA) is 54.0 Å². The lowest BCUT2D eigenvalue weighted by Gasteiger charge is -2.13. The lowest BCUT2D eigenvalue weighted by molar-refractivity contribution is 0.253. The first-order chi connectivity index (χ1) is 9.78. The minimum absolute atomic E-state index is 0.204. The highest BCUT2D eigenvalue weighted by Gasteiger charge is 2.21. The number of carbonyl (C=O) groups is 1. The number of benzene rings is 1. The Balaban J connectivity index is 1.84. The van der Waals surface area contributed by atoms with Crippen LogP contribution < -0.4 is 10.6 Å². The molecule has 0 spiro atoms. The van der Waals surface area contributed by atoms with Gasteiger partial charge in [-0.2, -0.15) is 0 Å². The summed E-state index contributed by atoms with van der Waals surface area (Å²) in [6.07, 6.45) is 5.09. The summed E-state index contributed by atoms with van der Waals surface area (Å²) in [5.74, 6) is 3.24. The summed E-state index contributed by atoms with van der Waals surface area (Å²) in [6.45, 7) is 0.204. The van der Waals surface area contributed by atoms with E-state index in [0.717, 1.165) is 17.0 Å². The Labute approximate surface area is 125 Å². The van der Waals surface area contributed by atoms with Crippen molar-refractivity contribution in [3.8, 4) is 23.6 Å². The van der Waals surface area contributed by atoms with Gasteiger partial charge in [-0.3, -0.25) is 5.32 Å². The van der Waals surface area contributed by atoms with Gasteiger partial charge in [-0.05, 0) is 6.07 Å². The number of terminal acetylenes is 1. The third-order valence-electron chi connectivity index (χ3n) is 2.77. The van der Waals surface area contributed by atoms with E-state index in [-0.39, 0.29) is 12.6 Å². The molecule has 1 aromatic carbocycles. The molecule has 0 atom stereocenters. The highest BCUT2D eigenvalue weighted by Crippen LogP contribution is 2.44. The molecule has 2 heterocycles. The molecule has 1 aliphatic rings. The summed E-state index contributed by atoms with van der Waals surface area (Å²) in [6, 6.07) is 7.85. The molecule has 0 unspecified atom stereocenters. The van der Waals surface area contributed by atoms with Gasteiger partial charge in [-0.25, -0.2) is 9.78 Å². The van der Waals surface area contributed by atoms with Crippen molar-refractivity contribution in [3.63, 3.8) is 0 Å². The molecule has 2 amide bonds. The molecule has 2 N–H and O–H groups in total. The van der Waals surface area contributed by atoms with Gasteiger partial charge >= 0.3 is 6.03 Å². The number of nitrogens with one attached hydrogen (secondary N) is 2. The average Bonchev–Trinajstić information content (AvgIpc) is 2.88. The molecule has 0 radical (unpaired) electrons. The standard InChI is InChI=1S/C14H11N3OS2/c1-2-7-15-13(18)17-14-16-12-9-5-3-4-6-10(9)19-8-11(12)20-14/h1,3-6H,7-8H2,(H2,15,16,17,18). The van der Waals surface area contributed by atoms with Gasteiger partial charge in [-0.1, -0.05) is 24.1 Å². The number of amides is 2. The Morgan fingerprint density at radius 3 is 3.15 bits per heavy atom. The Hall–Kier alpha value is -1.97. The molecule has 3 rings (SSSR count). The van der Waals surface area contributed by atoms with Crippen molar-refractivity contribution in [1.29, 1.82) is 0 Å². The smallest absolute Gasteiger partial charge is 0.321 e. The normalized spacial score (nSPS) is 11.9. The number of nitrogens with zero attached hydrogens (tertiary/aromatic N) is 1. The molecule has 4 nitrogen and oxygen atoms in total. The first kappa shape index (κ1) is 13.0. The third-order valence-corrected chi connectivity index (χ3v) is 5.02. The predicted molar refractivity (Wildman–Crippen MR) is 83.0 cm³/mol. The van der Waals surface area contributed by atoms with Crippen molar-refractivity contribution < 1.29 is 4.79 Å². The summed E-state index contributed by atoms with van der Waals surface area (Å²) in [5.41, 5.74) is 2.10. The van der Waals surface area contributed by atoms with Crippen LogP contribution in [0, 0.1) is 12.3 Å². The van der Waals surface area contributed by atoms with Crippen molar-refractivity contribution in [3.05, 3.63) is 29.1 Å². The van der Waals surface area contributed by atoms with E-state index >= 15 is 0 Å². The number of hydrogen-bond acceptors (Lipinski definition) is 4. The van der Waals surface area contributed by atoms with Crippen LogP contribution in [0.4, 0.5) is 9.93 Å². The number of hydrogen-bond donors (Lipinski definition) is 2. The van der Waals surface area contributed by atoms with Crippen molar-refractivity contribution in [2.75, 3.05) is 11.9 Å². The van der Waals surface area contributed by atoms with Crippen LogP contribution in [0.25, 0.3) is 11.3 Å². The van der Waals surface area contributed by atoms with Gasteiger partial charge in [0.15, 0.2) is 5.13 Å². The van der Waals surface area contributed by atoms with Crippen LogP contribution in [-0.2, 0) is 5.75 Å². The van der Waals surface area contributed by atoms with Gasteiger partial charge in [0.05, 0.1) is 12.2 Å². The molecule has 2 aromatic rings. The molecule has 100 valence electrons. The van der Waals surface area contributed by atoms with Gasteiger partial charge in [0.1, 0.15) is 0 Å². The van der Waals surface area contributed by atoms with Crippen LogP contribution in [0.15, 0.2) is 29.2 Å². The molecular formula is C14H11N3OS2. The van der Waals surface area contributed by atoms with Gasteiger partial charge < -0.3 is 5.32 Å². The molecule has 1 aromatic heterocycles. The number of thiazole rings is 1. The zero-order valence-electron chi connectivity index (χ0n) is 10.5. The lowest BCUT2D eigenvalue weighted by Crippen LogP contribution is -2.28. The zero-order valence-corrected chi connectivity index (χ0v) is 12.1. The Kier molecular flexibility index (Phi) is 3.63. The van der Waals surface area contributed by atoms with Gasteiger partial charge in [0, 0.05) is 21.1 Å². The lowest BCUT2D eigenvalue weighted by atomic mass is 10.1. The predicted octanol–water partition coefficient (Wildman–Crippen LogP) is 3.17. The van der Waals surface area contributed by atoms with Crippen LogP contribution in [0.2, 0.25) is 0 Å². The second-order valence-corrected chi connectivity index (χ2v) is 6.19. The molecule has 0 saturated heterocycles. The maximum atomic E-state index is 11.6. The van der Waals surface area contributed by atoms with Gasteiger partial charge in [-0.15, -0.1) is 29.5 Å². The van der Waals surface area contributed by atoms with Crippen molar-refractivity contribution in [2.24, 2.45) is 0 Å². The summed E-state index contributed by atoms with van der Waals surface area (Å²) in [5, 5.41) is 5.87. The van der Waals surface area contributed by atoms with E-state index < -0.39 is 0 Å². The zero-order chi connectivity index (χ0) is 13.9.